The Bertz CT molecular complexity index is 263. The second kappa shape index (κ2) is 5.45. The van der Waals surface area contributed by atoms with Crippen molar-refractivity contribution >= 4 is 0 Å². The maximum Gasteiger partial charge on any atom is 0.478 e. The van der Waals surface area contributed by atoms with E-state index in [1.165, 1.54) is 12.8 Å². The van der Waals surface area contributed by atoms with Crippen molar-refractivity contribution in [3.8, 4) is 0 Å². The van der Waals surface area contributed by atoms with E-state index >= 15 is 0 Å². The smallest absolute Gasteiger partial charge is 0.180 e. The summed E-state index contributed by atoms with van der Waals surface area (Å²) in [7, 11) is 0. The van der Waals surface area contributed by atoms with Crippen LogP contribution in [0.5, 0.6) is 0 Å². The highest BCUT2D eigenvalue weighted by Crippen LogP contribution is 2.34. The molecule has 104 valence electrons. The molecule has 0 spiro atoms. The van der Waals surface area contributed by atoms with Crippen LogP contribution >= 0.6 is 0 Å². The lowest BCUT2D eigenvalue weighted by Crippen LogP contribution is -2.40. The highest BCUT2D eigenvalue weighted by molar-refractivity contribution is 4.78. The molecule has 0 atom stereocenters. The van der Waals surface area contributed by atoms with E-state index in [4.69, 9.17) is 9.68 Å². The van der Waals surface area contributed by atoms with Crippen molar-refractivity contribution in [2.75, 3.05) is 0 Å². The Balaban J connectivity index is 1.83. The molecule has 2 saturated carbocycles. The van der Waals surface area contributed by atoms with Crippen molar-refractivity contribution in [1.29, 1.82) is 0 Å². The van der Waals surface area contributed by atoms with Gasteiger partial charge in [0.25, 0.3) is 0 Å². The number of hydrogen-bond donors (Lipinski definition) is 0. The highest BCUT2D eigenvalue weighted by Gasteiger charge is 2.42. The second-order valence-corrected chi connectivity index (χ2v) is 6.43. The standard InChI is InChI=1S/C14H26NO3/c1-13(9-5-3-6-10-13)17-15(16)18-14(2)11-7-4-8-12-14/h3-12H2,1-2H3/q+1. The van der Waals surface area contributed by atoms with Gasteiger partial charge >= 0.3 is 5.09 Å². The van der Waals surface area contributed by atoms with E-state index in [1.807, 2.05) is 13.8 Å². The third kappa shape index (κ3) is 3.59. The van der Waals surface area contributed by atoms with Crippen molar-refractivity contribution in [3.63, 3.8) is 0 Å². The number of nitrogens with zero attached hydrogens (tertiary/aromatic N) is 1. The number of hydrogen-bond acceptors (Lipinski definition) is 3. The molecule has 0 heterocycles. The summed E-state index contributed by atoms with van der Waals surface area (Å²) in [6.45, 7) is 4.03. The maximum absolute atomic E-state index is 11.9. The van der Waals surface area contributed by atoms with Gasteiger partial charge in [-0.05, 0) is 65.2 Å². The first-order valence-electron chi connectivity index (χ1n) is 7.37. The first kappa shape index (κ1) is 13.6. The average Bonchev–Trinajstić information content (AvgIpc) is 2.29. The highest BCUT2D eigenvalue weighted by atomic mass is 17.0. The van der Waals surface area contributed by atoms with Crippen LogP contribution in [0.2, 0.25) is 0 Å². The monoisotopic (exact) mass is 256 g/mol. The molecule has 2 rings (SSSR count). The lowest BCUT2D eigenvalue weighted by atomic mass is 9.86. The van der Waals surface area contributed by atoms with Gasteiger partial charge in [-0.25, -0.2) is 0 Å². The Morgan fingerprint density at radius 3 is 1.39 bits per heavy atom. The van der Waals surface area contributed by atoms with Crippen LogP contribution < -0.4 is 0 Å². The predicted octanol–water partition coefficient (Wildman–Crippen LogP) is 4.07. The molecule has 2 fully saturated rings. The largest absolute Gasteiger partial charge is 0.478 e. The Kier molecular flexibility index (Phi) is 4.13. The molecule has 0 aromatic carbocycles. The Morgan fingerprint density at radius 2 is 1.06 bits per heavy atom. The molecule has 0 amide bonds. The van der Waals surface area contributed by atoms with Crippen molar-refractivity contribution in [2.24, 2.45) is 0 Å². The van der Waals surface area contributed by atoms with E-state index in [9.17, 15) is 4.91 Å². The fraction of sp³-hybridized carbons (Fsp3) is 1.00. The van der Waals surface area contributed by atoms with Gasteiger partial charge in [-0.1, -0.05) is 12.8 Å². The Morgan fingerprint density at radius 1 is 0.722 bits per heavy atom. The van der Waals surface area contributed by atoms with Crippen LogP contribution in [-0.2, 0) is 9.68 Å². The van der Waals surface area contributed by atoms with Crippen molar-refractivity contribution in [1.82, 2.24) is 0 Å². The summed E-state index contributed by atoms with van der Waals surface area (Å²) in [6.07, 6.45) is 10.9. The molecule has 18 heavy (non-hydrogen) atoms. The zero-order valence-corrected chi connectivity index (χ0v) is 11.7. The minimum absolute atomic E-state index is 0.328. The molecule has 2 aliphatic carbocycles. The molecule has 0 saturated heterocycles. The summed E-state index contributed by atoms with van der Waals surface area (Å²) in [4.78, 5) is 22.9. The SMILES string of the molecule is CC1(O[N+](=O)OC2(C)CCCCC2)CCCCC1. The van der Waals surface area contributed by atoms with Crippen LogP contribution in [0.15, 0.2) is 0 Å². The van der Waals surface area contributed by atoms with E-state index in [1.54, 1.807) is 0 Å². The Hall–Kier alpha value is -0.800. The fourth-order valence-corrected chi connectivity index (χ4v) is 3.16. The molecule has 0 radical (unpaired) electrons. The first-order valence-corrected chi connectivity index (χ1v) is 7.37. The molecule has 0 aromatic rings. The van der Waals surface area contributed by atoms with Gasteiger partial charge in [0.05, 0.1) is 0 Å². The molecule has 4 heteroatoms. The van der Waals surface area contributed by atoms with Crippen LogP contribution in [0.4, 0.5) is 0 Å². The summed E-state index contributed by atoms with van der Waals surface area (Å²) < 4.78 is 0. The van der Waals surface area contributed by atoms with Gasteiger partial charge in [0.1, 0.15) is 4.91 Å². The normalized spacial score (nSPS) is 26.3. The van der Waals surface area contributed by atoms with E-state index in [0.29, 0.717) is 5.09 Å². The second-order valence-electron chi connectivity index (χ2n) is 6.43. The van der Waals surface area contributed by atoms with Gasteiger partial charge in [-0.15, -0.1) is 0 Å². The summed E-state index contributed by atoms with van der Waals surface area (Å²) in [5, 5.41) is 0.399. The van der Waals surface area contributed by atoms with E-state index in [2.05, 4.69) is 0 Å². The summed E-state index contributed by atoms with van der Waals surface area (Å²) >= 11 is 0. The third-order valence-corrected chi connectivity index (χ3v) is 4.41. The Labute approximate surface area is 110 Å². The quantitative estimate of drug-likeness (QED) is 0.711. The first-order chi connectivity index (χ1) is 8.52. The molecule has 2 aliphatic rings. The lowest BCUT2D eigenvalue weighted by molar-refractivity contribution is -1.00. The zero-order chi connectivity index (χ0) is 13.1. The molecule has 0 unspecified atom stereocenters. The van der Waals surface area contributed by atoms with Crippen LogP contribution in [0, 0.1) is 4.91 Å². The molecular formula is C14H26NO3+. The average molecular weight is 256 g/mol. The van der Waals surface area contributed by atoms with Crippen LogP contribution in [0.25, 0.3) is 0 Å². The van der Waals surface area contributed by atoms with Crippen molar-refractivity contribution in [2.45, 2.75) is 89.3 Å². The molecule has 0 bridgehead atoms. The van der Waals surface area contributed by atoms with E-state index in [-0.39, 0.29) is 11.2 Å². The topological polar surface area (TPSA) is 38.5 Å². The van der Waals surface area contributed by atoms with Crippen molar-refractivity contribution < 1.29 is 14.8 Å². The lowest BCUT2D eigenvalue weighted by Gasteiger charge is -2.29. The van der Waals surface area contributed by atoms with Gasteiger partial charge in [0, 0.05) is 0 Å². The molecular weight excluding hydrogens is 230 g/mol. The molecule has 0 N–H and O–H groups in total. The minimum atomic E-state index is -0.328. The summed E-state index contributed by atoms with van der Waals surface area (Å²) in [5.74, 6) is 0. The van der Waals surface area contributed by atoms with Gasteiger partial charge in [0.2, 0.25) is 0 Å². The number of rotatable bonds is 4. The van der Waals surface area contributed by atoms with E-state index in [0.717, 1.165) is 51.4 Å². The third-order valence-electron chi connectivity index (χ3n) is 4.41. The van der Waals surface area contributed by atoms with Gasteiger partial charge in [-0.3, -0.25) is 0 Å². The van der Waals surface area contributed by atoms with Gasteiger partial charge < -0.3 is 0 Å². The predicted molar refractivity (Wildman–Crippen MR) is 68.8 cm³/mol. The molecule has 4 nitrogen and oxygen atoms in total. The summed E-state index contributed by atoms with van der Waals surface area (Å²) in [5.41, 5.74) is -0.657. The van der Waals surface area contributed by atoms with Gasteiger partial charge in [-0.2, -0.15) is 9.68 Å². The van der Waals surface area contributed by atoms with Crippen LogP contribution in [-0.4, -0.2) is 16.3 Å². The molecule has 0 aromatic heterocycles. The zero-order valence-electron chi connectivity index (χ0n) is 11.7. The van der Waals surface area contributed by atoms with Crippen LogP contribution in [0.1, 0.15) is 78.1 Å². The minimum Gasteiger partial charge on any atom is -0.180 e. The van der Waals surface area contributed by atoms with Crippen molar-refractivity contribution in [3.05, 3.63) is 4.91 Å². The van der Waals surface area contributed by atoms with Gasteiger partial charge in [0.15, 0.2) is 11.2 Å². The van der Waals surface area contributed by atoms with Crippen LogP contribution in [0.3, 0.4) is 0 Å². The summed E-state index contributed by atoms with van der Waals surface area (Å²) in [6, 6.07) is 0. The molecule has 0 aliphatic heterocycles. The maximum atomic E-state index is 11.9. The van der Waals surface area contributed by atoms with E-state index < -0.39 is 0 Å². The fourth-order valence-electron chi connectivity index (χ4n) is 3.16.